The summed E-state index contributed by atoms with van der Waals surface area (Å²) >= 11 is 0. The molecular formula is C76H48N2O. The van der Waals surface area contributed by atoms with Crippen LogP contribution in [-0.2, 0) is 0 Å². The summed E-state index contributed by atoms with van der Waals surface area (Å²) in [5, 5.41) is 14.5. The van der Waals surface area contributed by atoms with Crippen LogP contribution in [-0.4, -0.2) is 10.6 Å². The number of rotatable bonds is 6. The van der Waals surface area contributed by atoms with Crippen LogP contribution < -0.4 is 4.90 Å². The zero-order chi connectivity index (χ0) is 51.7. The molecule has 2 aliphatic rings. The van der Waals surface area contributed by atoms with Gasteiger partial charge >= 0.3 is 0 Å². The Bertz CT molecular complexity index is 5000. The lowest BCUT2D eigenvalue weighted by Crippen LogP contribution is -2.27. The number of benzene rings is 13. The zero-order valence-electron chi connectivity index (χ0n) is 43.1. The average Bonchev–Trinajstić information content (AvgIpc) is 4.23. The highest BCUT2D eigenvalue weighted by Gasteiger charge is 2.36. The van der Waals surface area contributed by atoms with Crippen LogP contribution in [0.25, 0.3) is 137 Å². The van der Waals surface area contributed by atoms with Crippen molar-refractivity contribution in [3.63, 3.8) is 0 Å². The van der Waals surface area contributed by atoms with E-state index in [-0.39, 0.29) is 6.04 Å². The van der Waals surface area contributed by atoms with E-state index in [9.17, 15) is 0 Å². The van der Waals surface area contributed by atoms with E-state index in [1.165, 1.54) is 121 Å². The summed E-state index contributed by atoms with van der Waals surface area (Å²) in [7, 11) is 0. The van der Waals surface area contributed by atoms with Crippen molar-refractivity contribution in [3.8, 4) is 39.1 Å². The smallest absolute Gasteiger partial charge is 0.136 e. The molecule has 0 saturated carbocycles. The van der Waals surface area contributed by atoms with Crippen LogP contribution in [0.4, 0.5) is 11.4 Å². The van der Waals surface area contributed by atoms with Crippen LogP contribution in [0.3, 0.4) is 0 Å². The molecule has 17 rings (SSSR count). The van der Waals surface area contributed by atoms with Crippen LogP contribution in [0.5, 0.6) is 0 Å². The van der Waals surface area contributed by atoms with Gasteiger partial charge in [0, 0.05) is 44.2 Å². The molecule has 0 spiro atoms. The molecular weight excluding hydrogens is 957 g/mol. The molecule has 1 aliphatic heterocycles. The van der Waals surface area contributed by atoms with Crippen LogP contribution in [0.1, 0.15) is 17.5 Å². The Morgan fingerprint density at radius 3 is 1.48 bits per heavy atom. The van der Waals surface area contributed by atoms with Gasteiger partial charge in [0.2, 0.25) is 0 Å². The first-order chi connectivity index (χ1) is 39.2. The average molecular weight is 1010 g/mol. The van der Waals surface area contributed by atoms with Gasteiger partial charge in [-0.2, -0.15) is 0 Å². The number of aromatic nitrogens is 1. The van der Waals surface area contributed by atoms with Crippen molar-refractivity contribution in [2.24, 2.45) is 0 Å². The topological polar surface area (TPSA) is 21.3 Å². The number of anilines is 2. The first kappa shape index (κ1) is 44.0. The molecule has 0 amide bonds. The van der Waals surface area contributed by atoms with Crippen LogP contribution in [0.15, 0.2) is 277 Å². The Morgan fingerprint density at radius 2 is 0.835 bits per heavy atom. The standard InChI is InChI=1S/C76H48N2O/c1-3-20-50(21-4-1)77-66-35-17-15-24-52(66)63-44-47(38-41-68(63)77)72-54-26-7-9-28-56(54)74(57-29-10-8-27-55(57)72)49-40-43-70-65(46-49)76-62(34-19-37-71(76)79-70)75-60-32-13-11-30-58(60)73(59-31-12-14-33-61(59)75)48-39-42-69-64(45-48)53-25-16-18-36-67(53)78(69)51-22-5-2-6-23-51/h1-40,42-46,68H,41H2. The largest absolute Gasteiger partial charge is 0.456 e. The number of hydrogen-bond donors (Lipinski definition) is 0. The SMILES string of the molecule is C1=C(c2c3ccccc3c(-c3ccc4oc5cccc(-c6c7ccccc7c(-c7ccc8c(c7)c7ccccc7n8-c7ccccc7)c7ccccc67)c5c4c3)c3ccccc23)C=C2c3ccccc3N(c3ccccc3)C2C1. The van der Waals surface area contributed by atoms with Crippen LogP contribution >= 0.6 is 0 Å². The number of fused-ring (bicyclic) bond motifs is 13. The van der Waals surface area contributed by atoms with Crippen molar-refractivity contribution in [1.29, 1.82) is 0 Å². The maximum absolute atomic E-state index is 6.88. The molecule has 0 saturated heterocycles. The van der Waals surface area contributed by atoms with E-state index in [4.69, 9.17) is 4.42 Å². The summed E-state index contributed by atoms with van der Waals surface area (Å²) in [6.07, 6.45) is 5.88. The van der Waals surface area contributed by atoms with Gasteiger partial charge in [0.1, 0.15) is 11.2 Å². The fraction of sp³-hybridized carbons (Fsp3) is 0.0263. The van der Waals surface area contributed by atoms with E-state index in [2.05, 4.69) is 282 Å². The molecule has 15 aromatic rings. The van der Waals surface area contributed by atoms with Crippen molar-refractivity contribution in [2.45, 2.75) is 12.5 Å². The molecule has 0 N–H and O–H groups in total. The van der Waals surface area contributed by atoms with Gasteiger partial charge in [0.25, 0.3) is 0 Å². The number of furan rings is 1. The highest BCUT2D eigenvalue weighted by atomic mass is 16.3. The Morgan fingerprint density at radius 1 is 0.342 bits per heavy atom. The predicted molar refractivity (Wildman–Crippen MR) is 334 cm³/mol. The molecule has 368 valence electrons. The van der Waals surface area contributed by atoms with Gasteiger partial charge in [-0.05, 0) is 172 Å². The molecule has 1 aliphatic carbocycles. The van der Waals surface area contributed by atoms with Gasteiger partial charge in [-0.25, -0.2) is 0 Å². The maximum Gasteiger partial charge on any atom is 0.136 e. The molecule has 1 atom stereocenters. The third kappa shape index (κ3) is 6.48. The molecule has 0 fully saturated rings. The van der Waals surface area contributed by atoms with Crippen molar-refractivity contribution >= 4 is 109 Å². The summed E-state index contributed by atoms with van der Waals surface area (Å²) < 4.78 is 9.28. The molecule has 3 heteroatoms. The Labute approximate surface area is 456 Å². The highest BCUT2D eigenvalue weighted by Crippen LogP contribution is 2.53. The second-order valence-electron chi connectivity index (χ2n) is 21.3. The van der Waals surface area contributed by atoms with E-state index < -0.39 is 0 Å². The highest BCUT2D eigenvalue weighted by molar-refractivity contribution is 6.27. The summed E-state index contributed by atoms with van der Waals surface area (Å²) in [6, 6.07) is 96.2. The Balaban J connectivity index is 0.846. The summed E-state index contributed by atoms with van der Waals surface area (Å²) in [5.74, 6) is 0. The summed E-state index contributed by atoms with van der Waals surface area (Å²) in [6.45, 7) is 0. The third-order valence-electron chi connectivity index (χ3n) is 17.2. The first-order valence-electron chi connectivity index (χ1n) is 27.5. The molecule has 79 heavy (non-hydrogen) atoms. The summed E-state index contributed by atoms with van der Waals surface area (Å²) in [5.41, 5.74) is 20.3. The zero-order valence-corrected chi connectivity index (χ0v) is 43.1. The lowest BCUT2D eigenvalue weighted by atomic mass is 9.82. The first-order valence-corrected chi connectivity index (χ1v) is 27.5. The Kier molecular flexibility index (Phi) is 9.54. The van der Waals surface area contributed by atoms with Gasteiger partial charge in [-0.15, -0.1) is 0 Å². The van der Waals surface area contributed by atoms with Gasteiger partial charge in [-0.3, -0.25) is 0 Å². The second-order valence-corrected chi connectivity index (χ2v) is 21.3. The lowest BCUT2D eigenvalue weighted by Gasteiger charge is -2.30. The van der Waals surface area contributed by atoms with Crippen molar-refractivity contribution in [3.05, 3.63) is 284 Å². The molecule has 2 aromatic heterocycles. The summed E-state index contributed by atoms with van der Waals surface area (Å²) in [4.78, 5) is 2.53. The molecule has 13 aromatic carbocycles. The molecule has 3 heterocycles. The van der Waals surface area contributed by atoms with Gasteiger partial charge in [0.05, 0.1) is 17.1 Å². The minimum absolute atomic E-state index is 0.228. The number of hydrogen-bond acceptors (Lipinski definition) is 2. The van der Waals surface area contributed by atoms with Crippen molar-refractivity contribution in [2.75, 3.05) is 4.90 Å². The normalized spacial score (nSPS) is 14.3. The van der Waals surface area contributed by atoms with Gasteiger partial charge < -0.3 is 13.9 Å². The number of allylic oxidation sites excluding steroid dienone is 2. The fourth-order valence-electron chi connectivity index (χ4n) is 14.0. The maximum atomic E-state index is 6.88. The number of nitrogens with zero attached hydrogens (tertiary/aromatic N) is 2. The van der Waals surface area contributed by atoms with E-state index in [1.807, 2.05) is 0 Å². The molecule has 0 radical (unpaired) electrons. The monoisotopic (exact) mass is 1000 g/mol. The minimum Gasteiger partial charge on any atom is -0.456 e. The molecule has 0 bridgehead atoms. The fourth-order valence-corrected chi connectivity index (χ4v) is 14.0. The molecule has 3 nitrogen and oxygen atoms in total. The van der Waals surface area contributed by atoms with Gasteiger partial charge in [-0.1, -0.05) is 200 Å². The van der Waals surface area contributed by atoms with E-state index in [0.29, 0.717) is 0 Å². The lowest BCUT2D eigenvalue weighted by molar-refractivity contribution is 0.669. The van der Waals surface area contributed by atoms with E-state index in [1.54, 1.807) is 0 Å². The number of para-hydroxylation sites is 4. The Hall–Kier alpha value is -10.2. The van der Waals surface area contributed by atoms with Gasteiger partial charge in [0.15, 0.2) is 0 Å². The van der Waals surface area contributed by atoms with Crippen molar-refractivity contribution in [1.82, 2.24) is 4.57 Å². The van der Waals surface area contributed by atoms with Crippen LogP contribution in [0.2, 0.25) is 0 Å². The molecule has 1 unspecified atom stereocenters. The van der Waals surface area contributed by atoms with Crippen LogP contribution in [0, 0.1) is 0 Å². The second kappa shape index (κ2) is 17.1. The van der Waals surface area contributed by atoms with Crippen molar-refractivity contribution < 1.29 is 4.42 Å². The van der Waals surface area contributed by atoms with E-state index >= 15 is 0 Å². The third-order valence-corrected chi connectivity index (χ3v) is 17.2. The quantitative estimate of drug-likeness (QED) is 0.155. The van der Waals surface area contributed by atoms with E-state index in [0.717, 1.165) is 45.2 Å². The minimum atomic E-state index is 0.228. The predicted octanol–water partition coefficient (Wildman–Crippen LogP) is 20.7.